The predicted molar refractivity (Wildman–Crippen MR) is 91.1 cm³/mol. The standard InChI is InChI=1S/C18H21ClN2O2/c1-11-8-12(2)10-13(9-11)20-16-15(19)17(22)21(18(16)23)14-6-4-3-5-7-14/h8-10,14,20H,3-7H2,1-2H3. The molecular weight excluding hydrogens is 312 g/mol. The quantitative estimate of drug-likeness (QED) is 0.855. The Bertz CT molecular complexity index is 670. The number of anilines is 1. The minimum absolute atomic E-state index is 0.000248. The average molecular weight is 333 g/mol. The number of nitrogens with zero attached hydrogens (tertiary/aromatic N) is 1. The van der Waals surface area contributed by atoms with E-state index in [4.69, 9.17) is 11.6 Å². The second-order valence-electron chi connectivity index (χ2n) is 6.46. The molecule has 1 aromatic rings. The lowest BCUT2D eigenvalue weighted by atomic mass is 9.94. The van der Waals surface area contributed by atoms with Gasteiger partial charge in [-0.05, 0) is 49.9 Å². The molecule has 2 amide bonds. The Balaban J connectivity index is 1.84. The summed E-state index contributed by atoms with van der Waals surface area (Å²) in [5, 5.41) is 3.06. The molecule has 23 heavy (non-hydrogen) atoms. The van der Waals surface area contributed by atoms with Crippen LogP contribution < -0.4 is 5.32 Å². The first-order chi connectivity index (χ1) is 11.0. The first-order valence-electron chi connectivity index (χ1n) is 8.10. The first kappa shape index (κ1) is 16.1. The molecule has 0 atom stereocenters. The lowest BCUT2D eigenvalue weighted by Crippen LogP contribution is -2.42. The maximum Gasteiger partial charge on any atom is 0.279 e. The smallest absolute Gasteiger partial charge is 0.279 e. The minimum atomic E-state index is -0.365. The lowest BCUT2D eigenvalue weighted by Gasteiger charge is -2.29. The Kier molecular flexibility index (Phi) is 4.44. The molecule has 0 aromatic heterocycles. The largest absolute Gasteiger partial charge is 0.350 e. The number of hydrogen-bond donors (Lipinski definition) is 1. The SMILES string of the molecule is Cc1cc(C)cc(NC2=C(Cl)C(=O)N(C3CCCCC3)C2=O)c1. The fourth-order valence-corrected chi connectivity index (χ4v) is 3.71. The van der Waals surface area contributed by atoms with Crippen LogP contribution >= 0.6 is 11.6 Å². The summed E-state index contributed by atoms with van der Waals surface area (Å²) in [6.45, 7) is 3.98. The van der Waals surface area contributed by atoms with Gasteiger partial charge in [-0.2, -0.15) is 0 Å². The molecular formula is C18H21ClN2O2. The summed E-state index contributed by atoms with van der Waals surface area (Å²) in [5.74, 6) is -0.665. The van der Waals surface area contributed by atoms with Crippen LogP contribution in [0, 0.1) is 13.8 Å². The molecule has 5 heteroatoms. The third-order valence-corrected chi connectivity index (χ3v) is 4.84. The van der Waals surface area contributed by atoms with Crippen molar-refractivity contribution in [2.75, 3.05) is 5.32 Å². The van der Waals surface area contributed by atoms with E-state index in [2.05, 4.69) is 11.4 Å². The van der Waals surface area contributed by atoms with E-state index in [9.17, 15) is 9.59 Å². The summed E-state index contributed by atoms with van der Waals surface area (Å²) < 4.78 is 0. The van der Waals surface area contributed by atoms with Gasteiger partial charge >= 0.3 is 0 Å². The molecule has 1 saturated carbocycles. The van der Waals surface area contributed by atoms with Crippen molar-refractivity contribution in [2.45, 2.75) is 52.0 Å². The van der Waals surface area contributed by atoms with Crippen LogP contribution in [0.25, 0.3) is 0 Å². The van der Waals surface area contributed by atoms with E-state index in [1.165, 1.54) is 11.3 Å². The fourth-order valence-electron chi connectivity index (χ4n) is 3.49. The fraction of sp³-hybridized carbons (Fsp3) is 0.444. The summed E-state index contributed by atoms with van der Waals surface area (Å²) in [5.41, 5.74) is 3.16. The molecule has 1 aromatic carbocycles. The molecule has 4 nitrogen and oxygen atoms in total. The van der Waals surface area contributed by atoms with Gasteiger partial charge in [0.15, 0.2) is 0 Å². The zero-order valence-electron chi connectivity index (χ0n) is 13.5. The Morgan fingerprint density at radius 2 is 1.61 bits per heavy atom. The maximum absolute atomic E-state index is 12.7. The maximum atomic E-state index is 12.7. The third-order valence-electron chi connectivity index (χ3n) is 4.49. The van der Waals surface area contributed by atoms with Crippen molar-refractivity contribution in [3.8, 4) is 0 Å². The number of nitrogens with one attached hydrogen (secondary N) is 1. The molecule has 1 N–H and O–H groups in total. The molecule has 1 aliphatic heterocycles. The van der Waals surface area contributed by atoms with Gasteiger partial charge in [0.05, 0.1) is 0 Å². The van der Waals surface area contributed by atoms with Crippen LogP contribution in [0.5, 0.6) is 0 Å². The lowest BCUT2D eigenvalue weighted by molar-refractivity contribution is -0.140. The van der Waals surface area contributed by atoms with Crippen LogP contribution in [0.3, 0.4) is 0 Å². The Morgan fingerprint density at radius 1 is 1.00 bits per heavy atom. The summed E-state index contributed by atoms with van der Waals surface area (Å²) in [4.78, 5) is 26.5. The number of carbonyl (C=O) groups is 2. The monoisotopic (exact) mass is 332 g/mol. The van der Waals surface area contributed by atoms with E-state index in [1.54, 1.807) is 0 Å². The number of amides is 2. The third kappa shape index (κ3) is 3.13. The highest BCUT2D eigenvalue weighted by Crippen LogP contribution is 2.32. The van der Waals surface area contributed by atoms with Gasteiger partial charge in [-0.25, -0.2) is 0 Å². The minimum Gasteiger partial charge on any atom is -0.350 e. The normalized spacial score (nSPS) is 19.7. The Morgan fingerprint density at radius 3 is 2.22 bits per heavy atom. The first-order valence-corrected chi connectivity index (χ1v) is 8.48. The van der Waals surface area contributed by atoms with Crippen LogP contribution in [0.15, 0.2) is 28.9 Å². The van der Waals surface area contributed by atoms with Crippen molar-refractivity contribution >= 4 is 29.1 Å². The molecule has 3 rings (SSSR count). The average Bonchev–Trinajstić information content (AvgIpc) is 2.71. The van der Waals surface area contributed by atoms with Crippen molar-refractivity contribution in [3.63, 3.8) is 0 Å². The number of rotatable bonds is 3. The predicted octanol–water partition coefficient (Wildman–Crippen LogP) is 3.87. The zero-order valence-corrected chi connectivity index (χ0v) is 14.2. The molecule has 0 bridgehead atoms. The summed E-state index contributed by atoms with van der Waals surface area (Å²) >= 11 is 6.17. The van der Waals surface area contributed by atoms with Crippen molar-refractivity contribution in [1.29, 1.82) is 0 Å². The van der Waals surface area contributed by atoms with E-state index in [-0.39, 0.29) is 28.6 Å². The van der Waals surface area contributed by atoms with E-state index < -0.39 is 0 Å². The Hall–Kier alpha value is -1.81. The molecule has 0 unspecified atom stereocenters. The second kappa shape index (κ2) is 6.36. The molecule has 1 aliphatic carbocycles. The highest BCUT2D eigenvalue weighted by atomic mass is 35.5. The number of halogens is 1. The second-order valence-corrected chi connectivity index (χ2v) is 6.84. The molecule has 2 aliphatic rings. The van der Waals surface area contributed by atoms with Gasteiger partial charge in [-0.3, -0.25) is 14.5 Å². The number of imide groups is 1. The van der Waals surface area contributed by atoms with E-state index in [1.807, 2.05) is 26.0 Å². The molecule has 122 valence electrons. The van der Waals surface area contributed by atoms with Crippen molar-refractivity contribution in [2.24, 2.45) is 0 Å². The zero-order chi connectivity index (χ0) is 16.6. The van der Waals surface area contributed by atoms with Gasteiger partial charge in [0.1, 0.15) is 10.7 Å². The van der Waals surface area contributed by atoms with Gasteiger partial charge < -0.3 is 5.32 Å². The van der Waals surface area contributed by atoms with E-state index in [0.717, 1.165) is 42.5 Å². The van der Waals surface area contributed by atoms with Gasteiger partial charge in [0, 0.05) is 11.7 Å². The van der Waals surface area contributed by atoms with Crippen LogP contribution in [0.2, 0.25) is 0 Å². The van der Waals surface area contributed by atoms with Gasteiger partial charge in [0.25, 0.3) is 11.8 Å². The highest BCUT2D eigenvalue weighted by molar-refractivity contribution is 6.48. The van der Waals surface area contributed by atoms with Gasteiger partial charge in [0.2, 0.25) is 0 Å². The topological polar surface area (TPSA) is 49.4 Å². The van der Waals surface area contributed by atoms with E-state index in [0.29, 0.717) is 0 Å². The van der Waals surface area contributed by atoms with Crippen molar-refractivity contribution in [3.05, 3.63) is 40.1 Å². The van der Waals surface area contributed by atoms with Crippen LogP contribution in [0.1, 0.15) is 43.2 Å². The van der Waals surface area contributed by atoms with Crippen molar-refractivity contribution in [1.82, 2.24) is 4.90 Å². The summed E-state index contributed by atoms with van der Waals surface area (Å²) in [6.07, 6.45) is 5.02. The van der Waals surface area contributed by atoms with E-state index >= 15 is 0 Å². The number of carbonyl (C=O) groups excluding carboxylic acids is 2. The number of hydrogen-bond acceptors (Lipinski definition) is 3. The molecule has 1 fully saturated rings. The highest BCUT2D eigenvalue weighted by Gasteiger charge is 2.42. The molecule has 0 radical (unpaired) electrons. The van der Waals surface area contributed by atoms with Crippen LogP contribution in [-0.2, 0) is 9.59 Å². The Labute approximate surface area is 141 Å². The number of aryl methyl sites for hydroxylation is 2. The number of benzene rings is 1. The van der Waals surface area contributed by atoms with Gasteiger partial charge in [-0.1, -0.05) is 36.9 Å². The molecule has 0 spiro atoms. The molecule has 1 heterocycles. The van der Waals surface area contributed by atoms with Crippen molar-refractivity contribution < 1.29 is 9.59 Å². The van der Waals surface area contributed by atoms with Crippen LogP contribution in [-0.4, -0.2) is 22.8 Å². The van der Waals surface area contributed by atoms with Gasteiger partial charge in [-0.15, -0.1) is 0 Å². The van der Waals surface area contributed by atoms with Crippen LogP contribution in [0.4, 0.5) is 5.69 Å². The molecule has 0 saturated heterocycles. The summed E-state index contributed by atoms with van der Waals surface area (Å²) in [7, 11) is 0. The summed E-state index contributed by atoms with van der Waals surface area (Å²) in [6, 6.07) is 5.91.